The lowest BCUT2D eigenvalue weighted by atomic mass is 9.87. The molecule has 1 unspecified atom stereocenters. The molecular formula is C11H24N2OS. The molecule has 0 aliphatic carbocycles. The molecule has 0 aliphatic rings. The van der Waals surface area contributed by atoms with E-state index in [1.807, 2.05) is 25.6 Å². The van der Waals surface area contributed by atoms with E-state index in [0.717, 1.165) is 31.6 Å². The SMILES string of the molecule is CCC(C)(CN)C(=O)NCCCCSC. The Bertz CT molecular complexity index is 181. The normalized spacial score (nSPS) is 14.7. The van der Waals surface area contributed by atoms with Crippen molar-refractivity contribution in [2.45, 2.75) is 33.1 Å². The van der Waals surface area contributed by atoms with Crippen LogP contribution >= 0.6 is 11.8 Å². The summed E-state index contributed by atoms with van der Waals surface area (Å²) < 4.78 is 0. The molecule has 0 spiro atoms. The van der Waals surface area contributed by atoms with E-state index in [4.69, 9.17) is 5.73 Å². The average molecular weight is 232 g/mol. The van der Waals surface area contributed by atoms with Crippen molar-refractivity contribution >= 4 is 17.7 Å². The number of rotatable bonds is 8. The smallest absolute Gasteiger partial charge is 0.227 e. The van der Waals surface area contributed by atoms with Crippen molar-refractivity contribution in [3.63, 3.8) is 0 Å². The molecule has 0 radical (unpaired) electrons. The van der Waals surface area contributed by atoms with Crippen molar-refractivity contribution in [3.8, 4) is 0 Å². The summed E-state index contributed by atoms with van der Waals surface area (Å²) in [4.78, 5) is 11.8. The van der Waals surface area contributed by atoms with Crippen LogP contribution in [0.2, 0.25) is 0 Å². The van der Waals surface area contributed by atoms with Gasteiger partial charge >= 0.3 is 0 Å². The lowest BCUT2D eigenvalue weighted by molar-refractivity contribution is -0.129. The zero-order valence-electron chi connectivity index (χ0n) is 10.1. The summed E-state index contributed by atoms with van der Waals surface area (Å²) in [6.07, 6.45) is 5.10. The standard InChI is InChI=1S/C11H24N2OS/c1-4-11(2,9-12)10(14)13-7-5-6-8-15-3/h4-9,12H2,1-3H3,(H,13,14). The van der Waals surface area contributed by atoms with Gasteiger partial charge in [-0.1, -0.05) is 6.92 Å². The molecule has 15 heavy (non-hydrogen) atoms. The second-order valence-electron chi connectivity index (χ2n) is 4.07. The summed E-state index contributed by atoms with van der Waals surface area (Å²) in [7, 11) is 0. The van der Waals surface area contributed by atoms with Gasteiger partial charge in [0.05, 0.1) is 5.41 Å². The molecule has 1 amide bonds. The number of hydrogen-bond donors (Lipinski definition) is 2. The summed E-state index contributed by atoms with van der Waals surface area (Å²) in [5.74, 6) is 1.26. The highest BCUT2D eigenvalue weighted by molar-refractivity contribution is 7.98. The van der Waals surface area contributed by atoms with Gasteiger partial charge in [-0.05, 0) is 38.2 Å². The second-order valence-corrected chi connectivity index (χ2v) is 5.06. The van der Waals surface area contributed by atoms with Gasteiger partial charge in [-0.3, -0.25) is 4.79 Å². The Labute approximate surface area is 97.6 Å². The lowest BCUT2D eigenvalue weighted by Crippen LogP contribution is -2.43. The van der Waals surface area contributed by atoms with Gasteiger partial charge in [-0.15, -0.1) is 0 Å². The highest BCUT2D eigenvalue weighted by Gasteiger charge is 2.28. The molecule has 0 aromatic carbocycles. The van der Waals surface area contributed by atoms with E-state index in [0.29, 0.717) is 6.54 Å². The van der Waals surface area contributed by atoms with Gasteiger partial charge in [0.1, 0.15) is 0 Å². The van der Waals surface area contributed by atoms with E-state index in [9.17, 15) is 4.79 Å². The number of amides is 1. The van der Waals surface area contributed by atoms with Gasteiger partial charge in [0.15, 0.2) is 0 Å². The van der Waals surface area contributed by atoms with Crippen molar-refractivity contribution in [1.82, 2.24) is 5.32 Å². The minimum Gasteiger partial charge on any atom is -0.356 e. The predicted molar refractivity (Wildman–Crippen MR) is 68.1 cm³/mol. The van der Waals surface area contributed by atoms with Crippen molar-refractivity contribution in [2.24, 2.45) is 11.1 Å². The van der Waals surface area contributed by atoms with Crippen LogP contribution in [0.1, 0.15) is 33.1 Å². The number of carbonyl (C=O) groups is 1. The number of carbonyl (C=O) groups excluding carboxylic acids is 1. The van der Waals surface area contributed by atoms with E-state index >= 15 is 0 Å². The minimum atomic E-state index is -0.389. The summed E-state index contributed by atoms with van der Waals surface area (Å²) in [5, 5.41) is 2.96. The molecule has 3 nitrogen and oxygen atoms in total. The highest BCUT2D eigenvalue weighted by atomic mass is 32.2. The molecule has 0 fully saturated rings. The maximum atomic E-state index is 11.8. The minimum absolute atomic E-state index is 0.0941. The molecule has 0 bridgehead atoms. The third-order valence-electron chi connectivity index (χ3n) is 2.84. The highest BCUT2D eigenvalue weighted by Crippen LogP contribution is 2.18. The van der Waals surface area contributed by atoms with Gasteiger partial charge in [-0.2, -0.15) is 11.8 Å². The van der Waals surface area contributed by atoms with Crippen LogP contribution < -0.4 is 11.1 Å². The molecule has 0 aromatic heterocycles. The van der Waals surface area contributed by atoms with Crippen molar-refractivity contribution in [1.29, 1.82) is 0 Å². The molecule has 0 aromatic rings. The third kappa shape index (κ3) is 5.42. The van der Waals surface area contributed by atoms with Crippen LogP contribution in [-0.2, 0) is 4.79 Å². The Balaban J connectivity index is 3.73. The fourth-order valence-electron chi connectivity index (χ4n) is 1.18. The predicted octanol–water partition coefficient (Wildman–Crippen LogP) is 1.62. The molecular weight excluding hydrogens is 208 g/mol. The fraction of sp³-hybridized carbons (Fsp3) is 0.909. The van der Waals surface area contributed by atoms with Gasteiger partial charge in [0.2, 0.25) is 5.91 Å². The van der Waals surface area contributed by atoms with E-state index in [1.54, 1.807) is 0 Å². The van der Waals surface area contributed by atoms with E-state index in [2.05, 4.69) is 11.6 Å². The van der Waals surface area contributed by atoms with Gasteiger partial charge in [0.25, 0.3) is 0 Å². The second kappa shape index (κ2) is 7.99. The summed E-state index contributed by atoms with van der Waals surface area (Å²) in [6.45, 7) is 5.11. The molecule has 3 N–H and O–H groups in total. The van der Waals surface area contributed by atoms with Crippen LogP contribution in [-0.4, -0.2) is 31.0 Å². The average Bonchev–Trinajstić information content (AvgIpc) is 2.27. The first-order valence-electron chi connectivity index (χ1n) is 5.58. The Morgan fingerprint density at radius 1 is 1.47 bits per heavy atom. The molecule has 0 heterocycles. The van der Waals surface area contributed by atoms with Crippen LogP contribution in [0, 0.1) is 5.41 Å². The Kier molecular flexibility index (Phi) is 7.88. The summed E-state index contributed by atoms with van der Waals surface area (Å²) >= 11 is 1.84. The van der Waals surface area contributed by atoms with E-state index in [-0.39, 0.29) is 11.3 Å². The first-order valence-corrected chi connectivity index (χ1v) is 6.97. The Hall–Kier alpha value is -0.220. The monoisotopic (exact) mass is 232 g/mol. The lowest BCUT2D eigenvalue weighted by Gasteiger charge is -2.24. The third-order valence-corrected chi connectivity index (χ3v) is 3.54. The Morgan fingerprint density at radius 2 is 2.13 bits per heavy atom. The number of thioether (sulfide) groups is 1. The number of nitrogens with two attached hydrogens (primary N) is 1. The number of nitrogens with one attached hydrogen (secondary N) is 1. The van der Waals surface area contributed by atoms with Gasteiger partial charge < -0.3 is 11.1 Å². The van der Waals surface area contributed by atoms with E-state index < -0.39 is 0 Å². The summed E-state index contributed by atoms with van der Waals surface area (Å²) in [6, 6.07) is 0. The molecule has 1 atom stereocenters. The summed E-state index contributed by atoms with van der Waals surface area (Å²) in [5.41, 5.74) is 5.22. The molecule has 0 saturated carbocycles. The Morgan fingerprint density at radius 3 is 2.60 bits per heavy atom. The molecule has 90 valence electrons. The van der Waals surface area contributed by atoms with Crippen LogP contribution in [0.4, 0.5) is 0 Å². The van der Waals surface area contributed by atoms with Crippen LogP contribution in [0.15, 0.2) is 0 Å². The molecule has 0 aliphatic heterocycles. The fourth-order valence-corrected chi connectivity index (χ4v) is 1.68. The zero-order chi connectivity index (χ0) is 11.7. The van der Waals surface area contributed by atoms with Crippen molar-refractivity contribution in [3.05, 3.63) is 0 Å². The van der Waals surface area contributed by atoms with Crippen molar-refractivity contribution in [2.75, 3.05) is 25.1 Å². The molecule has 0 saturated heterocycles. The molecule has 0 rings (SSSR count). The zero-order valence-corrected chi connectivity index (χ0v) is 11.0. The van der Waals surface area contributed by atoms with Gasteiger partial charge in [-0.25, -0.2) is 0 Å². The maximum absolute atomic E-state index is 11.8. The van der Waals surface area contributed by atoms with Crippen LogP contribution in [0.3, 0.4) is 0 Å². The number of hydrogen-bond acceptors (Lipinski definition) is 3. The largest absolute Gasteiger partial charge is 0.356 e. The first kappa shape index (κ1) is 14.8. The van der Waals surface area contributed by atoms with E-state index in [1.165, 1.54) is 0 Å². The van der Waals surface area contributed by atoms with Crippen LogP contribution in [0.25, 0.3) is 0 Å². The molecule has 4 heteroatoms. The number of unbranched alkanes of at least 4 members (excludes halogenated alkanes) is 1. The maximum Gasteiger partial charge on any atom is 0.227 e. The van der Waals surface area contributed by atoms with Crippen molar-refractivity contribution < 1.29 is 4.79 Å². The quantitative estimate of drug-likeness (QED) is 0.625. The van der Waals surface area contributed by atoms with Gasteiger partial charge in [0, 0.05) is 13.1 Å². The topological polar surface area (TPSA) is 55.1 Å². The first-order chi connectivity index (χ1) is 7.10. The van der Waals surface area contributed by atoms with Crippen LogP contribution in [0.5, 0.6) is 0 Å².